The fourth-order valence-corrected chi connectivity index (χ4v) is 4.97. The first kappa shape index (κ1) is 22.3. The lowest BCUT2D eigenvalue weighted by Crippen LogP contribution is -2.50. The zero-order valence-corrected chi connectivity index (χ0v) is 18.2. The van der Waals surface area contributed by atoms with Crippen LogP contribution in [0.2, 0.25) is 0 Å². The van der Waals surface area contributed by atoms with Gasteiger partial charge in [0, 0.05) is 6.04 Å². The van der Waals surface area contributed by atoms with Gasteiger partial charge in [-0.15, -0.1) is 0 Å². The molecule has 0 aliphatic heterocycles. The Morgan fingerprint density at radius 3 is 2.23 bits per heavy atom. The molecule has 162 valence electrons. The number of hydrogen-bond acceptors (Lipinski definition) is 4. The molecule has 3 rings (SSSR count). The molecule has 0 spiro atoms. The Labute approximate surface area is 179 Å². The highest BCUT2D eigenvalue weighted by atomic mass is 32.2. The van der Waals surface area contributed by atoms with Crippen LogP contribution in [-0.4, -0.2) is 33.5 Å². The molecule has 1 aliphatic rings. The van der Waals surface area contributed by atoms with Gasteiger partial charge in [-0.05, 0) is 49.1 Å². The van der Waals surface area contributed by atoms with Crippen LogP contribution in [0.1, 0.15) is 44.1 Å². The maximum Gasteiger partial charge on any atom is 0.241 e. The van der Waals surface area contributed by atoms with E-state index in [1.807, 2.05) is 30.3 Å². The van der Waals surface area contributed by atoms with Gasteiger partial charge in [-0.1, -0.05) is 56.0 Å². The van der Waals surface area contributed by atoms with Crippen molar-refractivity contribution < 1.29 is 17.9 Å². The van der Waals surface area contributed by atoms with Gasteiger partial charge in [-0.3, -0.25) is 4.79 Å². The number of hydrogen-bond donors (Lipinski definition) is 2. The van der Waals surface area contributed by atoms with Crippen LogP contribution < -0.4 is 14.8 Å². The fraction of sp³-hybridized carbons (Fsp3) is 0.435. The van der Waals surface area contributed by atoms with E-state index < -0.39 is 16.1 Å². The maximum atomic E-state index is 13.1. The molecule has 0 heterocycles. The van der Waals surface area contributed by atoms with Gasteiger partial charge in [0.25, 0.3) is 0 Å². The first-order chi connectivity index (χ1) is 14.5. The quantitative estimate of drug-likeness (QED) is 0.629. The molecule has 1 atom stereocenters. The highest BCUT2D eigenvalue weighted by Gasteiger charge is 2.28. The van der Waals surface area contributed by atoms with Crippen molar-refractivity contribution in [1.29, 1.82) is 0 Å². The van der Waals surface area contributed by atoms with Crippen LogP contribution >= 0.6 is 0 Å². The number of benzene rings is 2. The number of methoxy groups -OCH3 is 1. The SMILES string of the molecule is COc1ccc(S(=O)(=O)NC(Cc2ccccc2)C(=O)NC2CCCCCC2)cc1. The van der Waals surface area contributed by atoms with Crippen molar-refractivity contribution in [3.63, 3.8) is 0 Å². The van der Waals surface area contributed by atoms with Crippen molar-refractivity contribution >= 4 is 15.9 Å². The monoisotopic (exact) mass is 430 g/mol. The molecular weight excluding hydrogens is 400 g/mol. The number of ether oxygens (including phenoxy) is 1. The average molecular weight is 431 g/mol. The molecule has 1 fully saturated rings. The summed E-state index contributed by atoms with van der Waals surface area (Å²) in [4.78, 5) is 13.2. The zero-order chi connectivity index (χ0) is 21.4. The van der Waals surface area contributed by atoms with E-state index in [4.69, 9.17) is 4.74 Å². The summed E-state index contributed by atoms with van der Waals surface area (Å²) in [5.41, 5.74) is 0.899. The van der Waals surface area contributed by atoms with E-state index in [2.05, 4.69) is 10.0 Å². The first-order valence-electron chi connectivity index (χ1n) is 10.5. The second kappa shape index (κ2) is 10.6. The highest BCUT2D eigenvalue weighted by molar-refractivity contribution is 7.89. The molecule has 6 nitrogen and oxygen atoms in total. The Morgan fingerprint density at radius 1 is 1.00 bits per heavy atom. The van der Waals surface area contributed by atoms with Gasteiger partial charge in [0.1, 0.15) is 11.8 Å². The van der Waals surface area contributed by atoms with Crippen LogP contribution in [0, 0.1) is 0 Å². The van der Waals surface area contributed by atoms with Crippen molar-refractivity contribution in [2.45, 2.75) is 61.9 Å². The van der Waals surface area contributed by atoms with E-state index in [1.54, 1.807) is 12.1 Å². The molecule has 1 aliphatic carbocycles. The van der Waals surface area contributed by atoms with Gasteiger partial charge >= 0.3 is 0 Å². The second-order valence-corrected chi connectivity index (χ2v) is 9.45. The maximum absolute atomic E-state index is 13.1. The highest BCUT2D eigenvalue weighted by Crippen LogP contribution is 2.19. The molecule has 0 aromatic heterocycles. The summed E-state index contributed by atoms with van der Waals surface area (Å²) in [5.74, 6) is 0.295. The van der Waals surface area contributed by atoms with Gasteiger partial charge in [0.2, 0.25) is 15.9 Å². The minimum absolute atomic E-state index is 0.101. The number of carbonyl (C=O) groups excluding carboxylic acids is 1. The predicted molar refractivity (Wildman–Crippen MR) is 117 cm³/mol. The van der Waals surface area contributed by atoms with Crippen LogP contribution in [0.5, 0.6) is 5.75 Å². The number of carbonyl (C=O) groups is 1. The topological polar surface area (TPSA) is 84.5 Å². The Hall–Kier alpha value is -2.38. The summed E-state index contributed by atoms with van der Waals surface area (Å²) >= 11 is 0. The predicted octanol–water partition coefficient (Wildman–Crippen LogP) is 3.42. The molecule has 2 aromatic rings. The number of rotatable bonds is 8. The summed E-state index contributed by atoms with van der Waals surface area (Å²) in [5, 5.41) is 3.09. The normalized spacial score (nSPS) is 16.4. The van der Waals surface area contributed by atoms with Crippen molar-refractivity contribution in [3.8, 4) is 5.75 Å². The van der Waals surface area contributed by atoms with Crippen LogP contribution in [-0.2, 0) is 21.2 Å². The van der Waals surface area contributed by atoms with E-state index >= 15 is 0 Å². The third kappa shape index (κ3) is 6.31. The van der Waals surface area contributed by atoms with Gasteiger partial charge in [0.15, 0.2) is 0 Å². The van der Waals surface area contributed by atoms with Crippen molar-refractivity contribution in [3.05, 3.63) is 60.2 Å². The van der Waals surface area contributed by atoms with Gasteiger partial charge in [0.05, 0.1) is 12.0 Å². The molecule has 1 unspecified atom stereocenters. The number of sulfonamides is 1. The molecule has 0 bridgehead atoms. The van der Waals surface area contributed by atoms with Crippen molar-refractivity contribution in [1.82, 2.24) is 10.0 Å². The minimum Gasteiger partial charge on any atom is -0.497 e. The van der Waals surface area contributed by atoms with Gasteiger partial charge in [-0.2, -0.15) is 4.72 Å². The number of nitrogens with one attached hydrogen (secondary N) is 2. The van der Waals surface area contributed by atoms with Crippen LogP contribution in [0.25, 0.3) is 0 Å². The average Bonchev–Trinajstić information content (AvgIpc) is 3.02. The largest absolute Gasteiger partial charge is 0.497 e. The third-order valence-corrected chi connectivity index (χ3v) is 6.96. The fourth-order valence-electron chi connectivity index (χ4n) is 3.77. The zero-order valence-electron chi connectivity index (χ0n) is 17.3. The van der Waals surface area contributed by atoms with Gasteiger partial charge < -0.3 is 10.1 Å². The first-order valence-corrected chi connectivity index (χ1v) is 12.0. The molecular formula is C23H30N2O4S. The smallest absolute Gasteiger partial charge is 0.241 e. The van der Waals surface area contributed by atoms with Gasteiger partial charge in [-0.25, -0.2) is 8.42 Å². The summed E-state index contributed by atoms with van der Waals surface area (Å²) in [6.45, 7) is 0. The summed E-state index contributed by atoms with van der Waals surface area (Å²) in [7, 11) is -2.34. The van der Waals surface area contributed by atoms with Crippen molar-refractivity contribution in [2.24, 2.45) is 0 Å². The molecule has 0 saturated heterocycles. The Bertz CT molecular complexity index is 906. The number of amides is 1. The van der Waals surface area contributed by atoms with Crippen LogP contribution in [0.4, 0.5) is 0 Å². The van der Waals surface area contributed by atoms with Crippen LogP contribution in [0.3, 0.4) is 0 Å². The van der Waals surface area contributed by atoms with E-state index in [-0.39, 0.29) is 23.3 Å². The van der Waals surface area contributed by atoms with Crippen LogP contribution in [0.15, 0.2) is 59.5 Å². The molecule has 30 heavy (non-hydrogen) atoms. The molecule has 1 saturated carbocycles. The summed E-state index contributed by atoms with van der Waals surface area (Å²) in [6, 6.07) is 14.8. The Morgan fingerprint density at radius 2 is 1.63 bits per heavy atom. The lowest BCUT2D eigenvalue weighted by Gasteiger charge is -2.23. The lowest BCUT2D eigenvalue weighted by atomic mass is 10.0. The molecule has 7 heteroatoms. The standard InChI is InChI=1S/C23H30N2O4S/c1-29-20-13-15-21(16-14-20)30(27,28)25-22(17-18-9-5-4-6-10-18)23(26)24-19-11-7-2-3-8-12-19/h4-6,9-10,13-16,19,22,25H,2-3,7-8,11-12,17H2,1H3,(H,24,26). The summed E-state index contributed by atoms with van der Waals surface area (Å²) < 4.78 is 33.6. The Balaban J connectivity index is 1.77. The van der Waals surface area contributed by atoms with E-state index in [9.17, 15) is 13.2 Å². The minimum atomic E-state index is -3.86. The lowest BCUT2D eigenvalue weighted by molar-refractivity contribution is -0.123. The summed E-state index contributed by atoms with van der Waals surface area (Å²) in [6.07, 6.45) is 6.71. The Kier molecular flexibility index (Phi) is 7.87. The van der Waals surface area contributed by atoms with E-state index in [0.717, 1.165) is 31.2 Å². The molecule has 1 amide bonds. The van der Waals surface area contributed by atoms with E-state index in [1.165, 1.54) is 32.1 Å². The van der Waals surface area contributed by atoms with E-state index in [0.29, 0.717) is 5.75 Å². The molecule has 2 N–H and O–H groups in total. The van der Waals surface area contributed by atoms with Crippen molar-refractivity contribution in [2.75, 3.05) is 7.11 Å². The third-order valence-electron chi connectivity index (χ3n) is 5.47. The second-order valence-electron chi connectivity index (χ2n) is 7.74. The molecule has 0 radical (unpaired) electrons. The molecule has 2 aromatic carbocycles.